The molecule has 0 amide bonds. The largest absolute Gasteiger partial charge is 0.508 e. The average molecular weight is 363 g/mol. The Morgan fingerprint density at radius 3 is 2.38 bits per heavy atom. The Balaban J connectivity index is 1.94. The third-order valence-electron chi connectivity index (χ3n) is 4.28. The zero-order valence-corrected chi connectivity index (χ0v) is 14.5. The van der Waals surface area contributed by atoms with Crippen LogP contribution >= 0.6 is 11.6 Å². The normalized spacial score (nSPS) is 11.0. The number of nitrogens with zero attached hydrogens (tertiary/aromatic N) is 2. The Bertz CT molecular complexity index is 1150. The summed E-state index contributed by atoms with van der Waals surface area (Å²) in [5, 5.41) is 16.6. The molecule has 4 aromatic rings. The average Bonchev–Trinajstić information content (AvgIpc) is 2.67. The number of benzene rings is 3. The van der Waals surface area contributed by atoms with E-state index in [1.807, 2.05) is 48.5 Å². The van der Waals surface area contributed by atoms with Crippen molar-refractivity contribution in [2.45, 2.75) is 6.54 Å². The van der Waals surface area contributed by atoms with E-state index >= 15 is 0 Å². The van der Waals surface area contributed by atoms with Gasteiger partial charge in [0.25, 0.3) is 5.56 Å². The predicted octanol–water partition coefficient (Wildman–Crippen LogP) is 4.47. The van der Waals surface area contributed by atoms with E-state index in [9.17, 15) is 9.90 Å². The molecule has 0 radical (unpaired) electrons. The quantitative estimate of drug-likeness (QED) is 0.585. The van der Waals surface area contributed by atoms with Gasteiger partial charge in [-0.15, -0.1) is 0 Å². The van der Waals surface area contributed by atoms with Crippen LogP contribution in [-0.4, -0.2) is 14.9 Å². The number of aromatic nitrogens is 2. The second kappa shape index (κ2) is 6.65. The molecular formula is C21H15ClN2O2. The minimum absolute atomic E-state index is 0.0810. The van der Waals surface area contributed by atoms with Gasteiger partial charge in [-0.1, -0.05) is 60.1 Å². The van der Waals surface area contributed by atoms with Crippen molar-refractivity contribution in [3.8, 4) is 17.0 Å². The van der Waals surface area contributed by atoms with E-state index in [0.29, 0.717) is 16.0 Å². The molecule has 0 aliphatic heterocycles. The smallest absolute Gasteiger partial charge is 0.274 e. The van der Waals surface area contributed by atoms with Gasteiger partial charge in [-0.05, 0) is 24.3 Å². The van der Waals surface area contributed by atoms with Gasteiger partial charge in [0.05, 0.1) is 17.6 Å². The summed E-state index contributed by atoms with van der Waals surface area (Å²) in [4.78, 5) is 12.9. The first kappa shape index (κ1) is 16.4. The maximum atomic E-state index is 12.9. The van der Waals surface area contributed by atoms with Gasteiger partial charge >= 0.3 is 0 Å². The summed E-state index contributed by atoms with van der Waals surface area (Å²) in [7, 11) is 0. The molecule has 1 heterocycles. The van der Waals surface area contributed by atoms with Crippen LogP contribution in [0, 0.1) is 0 Å². The Labute approximate surface area is 154 Å². The number of halogens is 1. The lowest BCUT2D eigenvalue weighted by Crippen LogP contribution is -2.24. The highest BCUT2D eigenvalue weighted by atomic mass is 35.5. The van der Waals surface area contributed by atoms with E-state index in [-0.39, 0.29) is 17.9 Å². The summed E-state index contributed by atoms with van der Waals surface area (Å²) in [5.74, 6) is 0.0810. The molecule has 1 aromatic heterocycles. The number of rotatable bonds is 3. The van der Waals surface area contributed by atoms with Gasteiger partial charge in [-0.2, -0.15) is 5.10 Å². The van der Waals surface area contributed by atoms with E-state index in [2.05, 4.69) is 5.10 Å². The molecule has 3 aromatic carbocycles. The van der Waals surface area contributed by atoms with Gasteiger partial charge in [-0.3, -0.25) is 4.79 Å². The summed E-state index contributed by atoms with van der Waals surface area (Å²) < 4.78 is 1.37. The fraction of sp³-hybridized carbons (Fsp3) is 0.0476. The first-order valence-electron chi connectivity index (χ1n) is 8.16. The van der Waals surface area contributed by atoms with Crippen LogP contribution in [0.3, 0.4) is 0 Å². The molecule has 0 saturated carbocycles. The molecule has 0 bridgehead atoms. The number of aromatic hydroxyl groups is 1. The monoisotopic (exact) mass is 362 g/mol. The first-order chi connectivity index (χ1) is 12.6. The highest BCUT2D eigenvalue weighted by Gasteiger charge is 2.13. The van der Waals surface area contributed by atoms with Crippen LogP contribution in [0.4, 0.5) is 0 Å². The van der Waals surface area contributed by atoms with Gasteiger partial charge < -0.3 is 5.11 Å². The Morgan fingerprint density at radius 1 is 0.923 bits per heavy atom. The van der Waals surface area contributed by atoms with Gasteiger partial charge in [-0.25, -0.2) is 4.68 Å². The minimum Gasteiger partial charge on any atom is -0.508 e. The number of phenols is 1. The molecule has 0 fully saturated rings. The topological polar surface area (TPSA) is 55.1 Å². The Hall–Kier alpha value is -3.11. The first-order valence-corrected chi connectivity index (χ1v) is 8.54. The molecule has 26 heavy (non-hydrogen) atoms. The molecular weight excluding hydrogens is 348 g/mol. The highest BCUT2D eigenvalue weighted by molar-refractivity contribution is 6.30. The van der Waals surface area contributed by atoms with Gasteiger partial charge in [0, 0.05) is 21.5 Å². The van der Waals surface area contributed by atoms with Crippen molar-refractivity contribution in [2.75, 3.05) is 0 Å². The lowest BCUT2D eigenvalue weighted by molar-refractivity contribution is 0.463. The molecule has 0 unspecified atom stereocenters. The van der Waals surface area contributed by atoms with Crippen LogP contribution in [0.5, 0.6) is 5.75 Å². The minimum atomic E-state index is -0.209. The van der Waals surface area contributed by atoms with Crippen molar-refractivity contribution in [3.05, 3.63) is 93.7 Å². The fourth-order valence-corrected chi connectivity index (χ4v) is 3.19. The van der Waals surface area contributed by atoms with E-state index in [0.717, 1.165) is 16.6 Å². The van der Waals surface area contributed by atoms with Crippen molar-refractivity contribution < 1.29 is 5.11 Å². The van der Waals surface area contributed by atoms with Crippen molar-refractivity contribution in [1.82, 2.24) is 9.78 Å². The molecule has 4 rings (SSSR count). The zero-order chi connectivity index (χ0) is 18.1. The SMILES string of the molecule is O=c1c2ccccc2c(-c2ccccc2)nn1Cc1cc(Cl)ccc1O. The standard InChI is InChI=1S/C21H15ClN2O2/c22-16-10-11-19(25)15(12-16)13-24-21(26)18-9-5-4-8-17(18)20(23-24)14-6-2-1-3-7-14/h1-12,25H,13H2. The molecule has 4 nitrogen and oxygen atoms in total. The van der Waals surface area contributed by atoms with E-state index < -0.39 is 0 Å². The molecule has 128 valence electrons. The molecule has 0 aliphatic rings. The van der Waals surface area contributed by atoms with Crippen LogP contribution < -0.4 is 5.56 Å². The number of fused-ring (bicyclic) bond motifs is 1. The Kier molecular flexibility index (Phi) is 4.19. The molecule has 0 aliphatic carbocycles. The van der Waals surface area contributed by atoms with Gasteiger partial charge in [0.2, 0.25) is 0 Å². The third kappa shape index (κ3) is 2.95. The van der Waals surface area contributed by atoms with Crippen molar-refractivity contribution in [2.24, 2.45) is 0 Å². The number of phenolic OH excluding ortho intramolecular Hbond substituents is 1. The molecule has 0 spiro atoms. The van der Waals surface area contributed by atoms with Crippen LogP contribution in [-0.2, 0) is 6.54 Å². The fourth-order valence-electron chi connectivity index (χ4n) is 2.99. The second-order valence-electron chi connectivity index (χ2n) is 6.00. The van der Waals surface area contributed by atoms with Gasteiger partial charge in [0.1, 0.15) is 5.75 Å². The van der Waals surface area contributed by atoms with Crippen molar-refractivity contribution >= 4 is 22.4 Å². The van der Waals surface area contributed by atoms with Crippen LogP contribution in [0.15, 0.2) is 77.6 Å². The molecule has 0 saturated heterocycles. The van der Waals surface area contributed by atoms with Crippen LogP contribution in [0.2, 0.25) is 5.02 Å². The highest BCUT2D eigenvalue weighted by Crippen LogP contribution is 2.26. The lowest BCUT2D eigenvalue weighted by Gasteiger charge is -2.12. The van der Waals surface area contributed by atoms with Crippen molar-refractivity contribution in [3.63, 3.8) is 0 Å². The summed E-state index contributed by atoms with van der Waals surface area (Å²) in [6.45, 7) is 0.135. The summed E-state index contributed by atoms with van der Waals surface area (Å²) in [6.07, 6.45) is 0. The third-order valence-corrected chi connectivity index (χ3v) is 4.51. The molecule has 5 heteroatoms. The molecule has 1 N–H and O–H groups in total. The van der Waals surface area contributed by atoms with Crippen LogP contribution in [0.1, 0.15) is 5.56 Å². The maximum Gasteiger partial charge on any atom is 0.274 e. The van der Waals surface area contributed by atoms with E-state index in [4.69, 9.17) is 11.6 Å². The summed E-state index contributed by atoms with van der Waals surface area (Å²) in [6, 6.07) is 21.9. The Morgan fingerprint density at radius 2 is 1.62 bits per heavy atom. The number of hydrogen-bond donors (Lipinski definition) is 1. The van der Waals surface area contributed by atoms with Gasteiger partial charge in [0.15, 0.2) is 0 Å². The second-order valence-corrected chi connectivity index (χ2v) is 6.43. The van der Waals surface area contributed by atoms with Crippen LogP contribution in [0.25, 0.3) is 22.0 Å². The number of hydrogen-bond acceptors (Lipinski definition) is 3. The molecule has 0 atom stereocenters. The summed E-state index contributed by atoms with van der Waals surface area (Å²) in [5.41, 5.74) is 1.98. The van der Waals surface area contributed by atoms with Crippen molar-refractivity contribution in [1.29, 1.82) is 0 Å². The van der Waals surface area contributed by atoms with E-state index in [1.165, 1.54) is 10.7 Å². The zero-order valence-electron chi connectivity index (χ0n) is 13.8. The lowest BCUT2D eigenvalue weighted by atomic mass is 10.1. The maximum absolute atomic E-state index is 12.9. The predicted molar refractivity (Wildman–Crippen MR) is 104 cm³/mol. The summed E-state index contributed by atoms with van der Waals surface area (Å²) >= 11 is 6.03. The van der Waals surface area contributed by atoms with E-state index in [1.54, 1.807) is 18.2 Å².